The quantitative estimate of drug-likeness (QED) is 0.178. The Balaban J connectivity index is 1.80. The van der Waals surface area contributed by atoms with Crippen molar-refractivity contribution in [3.8, 4) is 0 Å². The van der Waals surface area contributed by atoms with Gasteiger partial charge in [0.1, 0.15) is 12.6 Å². The number of benzene rings is 4. The molecule has 0 aromatic heterocycles. The molecule has 0 saturated heterocycles. The van der Waals surface area contributed by atoms with Gasteiger partial charge >= 0.3 is 0 Å². The van der Waals surface area contributed by atoms with Crippen LogP contribution in [0, 0.1) is 6.92 Å². The van der Waals surface area contributed by atoms with Crippen molar-refractivity contribution < 1.29 is 18.0 Å². The maximum Gasteiger partial charge on any atom is 0.264 e. The molecule has 0 heterocycles. The number of nitrogens with one attached hydrogen (secondary N) is 1. The molecule has 2 atom stereocenters. The lowest BCUT2D eigenvalue weighted by molar-refractivity contribution is -0.140. The number of hydrogen-bond donors (Lipinski definition) is 1. The zero-order chi connectivity index (χ0) is 32.4. The van der Waals surface area contributed by atoms with E-state index in [1.165, 1.54) is 17.0 Å². The van der Waals surface area contributed by atoms with E-state index in [1.54, 1.807) is 30.3 Å². The van der Waals surface area contributed by atoms with Crippen molar-refractivity contribution in [1.82, 2.24) is 10.2 Å². The fourth-order valence-electron chi connectivity index (χ4n) is 5.15. The summed E-state index contributed by atoms with van der Waals surface area (Å²) in [6.45, 7) is 7.58. The Morgan fingerprint density at radius 3 is 2.00 bits per heavy atom. The van der Waals surface area contributed by atoms with Crippen molar-refractivity contribution in [2.24, 2.45) is 0 Å². The van der Waals surface area contributed by atoms with E-state index in [9.17, 15) is 18.0 Å². The number of hydrogen-bond acceptors (Lipinski definition) is 4. The van der Waals surface area contributed by atoms with Crippen LogP contribution in [-0.2, 0) is 39.0 Å². The number of nitrogens with zero attached hydrogens (tertiary/aromatic N) is 2. The molecule has 45 heavy (non-hydrogen) atoms. The van der Waals surface area contributed by atoms with Crippen molar-refractivity contribution in [1.29, 1.82) is 0 Å². The summed E-state index contributed by atoms with van der Waals surface area (Å²) < 4.78 is 29.4. The molecule has 1 N–H and O–H groups in total. The molecule has 0 aliphatic carbocycles. The summed E-state index contributed by atoms with van der Waals surface area (Å²) in [6.07, 6.45) is 1.80. The van der Waals surface area contributed by atoms with Gasteiger partial charge in [0.15, 0.2) is 0 Å². The van der Waals surface area contributed by atoms with E-state index in [0.717, 1.165) is 39.4 Å². The Kier molecular flexibility index (Phi) is 11.5. The van der Waals surface area contributed by atoms with Crippen LogP contribution in [0.15, 0.2) is 114 Å². The summed E-state index contributed by atoms with van der Waals surface area (Å²) >= 11 is 0. The van der Waals surface area contributed by atoms with E-state index in [2.05, 4.69) is 5.32 Å². The molecule has 4 rings (SSSR count). The van der Waals surface area contributed by atoms with Crippen LogP contribution in [0.2, 0.25) is 0 Å². The molecule has 8 heteroatoms. The Morgan fingerprint density at radius 1 is 0.778 bits per heavy atom. The molecular formula is C37H43N3O4S. The maximum absolute atomic E-state index is 14.5. The predicted molar refractivity (Wildman–Crippen MR) is 180 cm³/mol. The largest absolute Gasteiger partial charge is 0.352 e. The second-order valence-corrected chi connectivity index (χ2v) is 13.2. The minimum absolute atomic E-state index is 0.0814. The zero-order valence-electron chi connectivity index (χ0n) is 26.5. The van der Waals surface area contributed by atoms with Crippen molar-refractivity contribution in [2.75, 3.05) is 10.8 Å². The lowest BCUT2D eigenvalue weighted by Crippen LogP contribution is -2.54. The highest BCUT2D eigenvalue weighted by atomic mass is 32.2. The van der Waals surface area contributed by atoms with Crippen LogP contribution in [0.4, 0.5) is 5.69 Å². The summed E-state index contributed by atoms with van der Waals surface area (Å²) in [5.41, 5.74) is 4.19. The van der Waals surface area contributed by atoms with Crippen LogP contribution < -0.4 is 9.62 Å². The van der Waals surface area contributed by atoms with Gasteiger partial charge < -0.3 is 10.2 Å². The minimum atomic E-state index is -4.12. The van der Waals surface area contributed by atoms with Gasteiger partial charge in [-0.25, -0.2) is 8.42 Å². The molecule has 0 spiro atoms. The SMILES string of the molecule is CCc1ccc(N(CC(=O)N(Cc2cccc(C)c2)[C@H](Cc2ccccc2)C(=O)N[C@@H](C)CC)S(=O)(=O)c2ccccc2)cc1. The van der Waals surface area contributed by atoms with Crippen molar-refractivity contribution in [3.63, 3.8) is 0 Å². The number of carbonyl (C=O) groups excluding carboxylic acids is 2. The van der Waals surface area contributed by atoms with E-state index < -0.39 is 28.5 Å². The van der Waals surface area contributed by atoms with Crippen LogP contribution >= 0.6 is 0 Å². The highest BCUT2D eigenvalue weighted by Crippen LogP contribution is 2.26. The third-order valence-electron chi connectivity index (χ3n) is 7.95. The predicted octanol–water partition coefficient (Wildman–Crippen LogP) is 6.31. The third kappa shape index (κ3) is 8.82. The first-order chi connectivity index (χ1) is 21.6. The van der Waals surface area contributed by atoms with Gasteiger partial charge in [-0.3, -0.25) is 13.9 Å². The molecule has 0 unspecified atom stereocenters. The summed E-state index contributed by atoms with van der Waals surface area (Å²) in [5, 5.41) is 3.07. The molecule has 0 aliphatic heterocycles. The maximum atomic E-state index is 14.5. The molecule has 7 nitrogen and oxygen atoms in total. The number of anilines is 1. The highest BCUT2D eigenvalue weighted by Gasteiger charge is 2.35. The van der Waals surface area contributed by atoms with Crippen molar-refractivity contribution in [2.45, 2.75) is 70.5 Å². The number of rotatable bonds is 14. The summed E-state index contributed by atoms with van der Waals surface area (Å²) in [5.74, 6) is -0.755. The molecule has 2 amide bonds. The molecule has 236 valence electrons. The molecule has 4 aromatic rings. The van der Waals surface area contributed by atoms with Gasteiger partial charge in [0.05, 0.1) is 10.6 Å². The van der Waals surface area contributed by atoms with E-state index >= 15 is 0 Å². The molecule has 0 saturated carbocycles. The number of amides is 2. The number of sulfonamides is 1. The average Bonchev–Trinajstić information content (AvgIpc) is 3.06. The Morgan fingerprint density at radius 2 is 1.40 bits per heavy atom. The molecular weight excluding hydrogens is 582 g/mol. The van der Waals surface area contributed by atoms with Crippen LogP contribution in [0.25, 0.3) is 0 Å². The first-order valence-corrected chi connectivity index (χ1v) is 16.9. The lowest BCUT2D eigenvalue weighted by Gasteiger charge is -2.34. The first-order valence-electron chi connectivity index (χ1n) is 15.5. The van der Waals surface area contributed by atoms with E-state index in [-0.39, 0.29) is 29.8 Å². The molecule has 0 aliphatic rings. The third-order valence-corrected chi connectivity index (χ3v) is 9.74. The van der Waals surface area contributed by atoms with Gasteiger partial charge in [0.25, 0.3) is 10.0 Å². The summed E-state index contributed by atoms with van der Waals surface area (Å²) in [4.78, 5) is 30.1. The smallest absolute Gasteiger partial charge is 0.264 e. The standard InChI is InChI=1S/C37H43N3O4S/c1-5-29(4)38-37(42)35(25-31-15-9-7-10-16-31)39(26-32-17-13-14-28(3)24-32)36(41)27-40(33-22-20-30(6-2)21-23-33)45(43,44)34-18-11-8-12-19-34/h7-24,29,35H,5-6,25-27H2,1-4H3,(H,38,42)/t29-,35+/m0/s1. The molecule has 4 aromatic carbocycles. The number of carbonyl (C=O) groups is 2. The van der Waals surface area contributed by atoms with Gasteiger partial charge in [0, 0.05) is 19.0 Å². The van der Waals surface area contributed by atoms with E-state index in [1.807, 2.05) is 94.4 Å². The lowest BCUT2D eigenvalue weighted by atomic mass is 10.0. The summed E-state index contributed by atoms with van der Waals surface area (Å²) in [7, 11) is -4.12. The molecule has 0 radical (unpaired) electrons. The Bertz CT molecular complexity index is 1660. The topological polar surface area (TPSA) is 86.8 Å². The van der Waals surface area contributed by atoms with E-state index in [4.69, 9.17) is 0 Å². The van der Waals surface area contributed by atoms with Crippen LogP contribution in [-0.4, -0.2) is 43.8 Å². The van der Waals surface area contributed by atoms with Gasteiger partial charge in [-0.1, -0.05) is 104 Å². The Labute approximate surface area is 268 Å². The van der Waals surface area contributed by atoms with Crippen LogP contribution in [0.5, 0.6) is 0 Å². The summed E-state index contributed by atoms with van der Waals surface area (Å²) in [6, 6.07) is 31.7. The monoisotopic (exact) mass is 625 g/mol. The van der Waals surface area contributed by atoms with Gasteiger partial charge in [0.2, 0.25) is 11.8 Å². The normalized spacial score (nSPS) is 12.6. The van der Waals surface area contributed by atoms with E-state index in [0.29, 0.717) is 5.69 Å². The fraction of sp³-hybridized carbons (Fsp3) is 0.297. The van der Waals surface area contributed by atoms with Gasteiger partial charge in [-0.2, -0.15) is 0 Å². The van der Waals surface area contributed by atoms with Gasteiger partial charge in [-0.05, 0) is 67.6 Å². The Hall–Kier alpha value is -4.43. The molecule has 0 bridgehead atoms. The second kappa shape index (κ2) is 15.5. The zero-order valence-corrected chi connectivity index (χ0v) is 27.3. The minimum Gasteiger partial charge on any atom is -0.352 e. The first kappa shape index (κ1) is 33.5. The fourth-order valence-corrected chi connectivity index (χ4v) is 6.58. The molecule has 0 fully saturated rings. The van der Waals surface area contributed by atoms with Crippen molar-refractivity contribution in [3.05, 3.63) is 131 Å². The van der Waals surface area contributed by atoms with Crippen molar-refractivity contribution >= 4 is 27.5 Å². The van der Waals surface area contributed by atoms with Crippen LogP contribution in [0.3, 0.4) is 0 Å². The number of aryl methyl sites for hydroxylation is 2. The second-order valence-electron chi connectivity index (χ2n) is 11.4. The van der Waals surface area contributed by atoms with Gasteiger partial charge in [-0.15, -0.1) is 0 Å². The highest BCUT2D eigenvalue weighted by molar-refractivity contribution is 7.92. The average molecular weight is 626 g/mol. The van der Waals surface area contributed by atoms with Crippen LogP contribution in [0.1, 0.15) is 49.4 Å².